The highest BCUT2D eigenvalue weighted by atomic mass is 16.5. The third kappa shape index (κ3) is 3.77. The van der Waals surface area contributed by atoms with Gasteiger partial charge in [0, 0.05) is 13.0 Å². The van der Waals surface area contributed by atoms with E-state index < -0.39 is 0 Å². The van der Waals surface area contributed by atoms with Crippen LogP contribution in [0.1, 0.15) is 39.5 Å². The van der Waals surface area contributed by atoms with Gasteiger partial charge >= 0.3 is 5.97 Å². The predicted octanol–water partition coefficient (Wildman–Crippen LogP) is 1.47. The van der Waals surface area contributed by atoms with Crippen LogP contribution in [-0.2, 0) is 9.53 Å². The second kappa shape index (κ2) is 5.22. The van der Waals surface area contributed by atoms with Crippen LogP contribution in [0.2, 0.25) is 0 Å². The molecule has 0 radical (unpaired) electrons. The van der Waals surface area contributed by atoms with Crippen LogP contribution in [0.25, 0.3) is 0 Å². The maximum absolute atomic E-state index is 10.7. The van der Waals surface area contributed by atoms with Crippen LogP contribution in [0.4, 0.5) is 0 Å². The Kier molecular flexibility index (Phi) is 4.22. The molecule has 0 amide bonds. The summed E-state index contributed by atoms with van der Waals surface area (Å²) in [7, 11) is 0. The van der Waals surface area contributed by atoms with Crippen LogP contribution in [0.5, 0.6) is 0 Å². The van der Waals surface area contributed by atoms with Gasteiger partial charge in [0.05, 0.1) is 0 Å². The molecule has 1 aliphatic rings. The van der Waals surface area contributed by atoms with Crippen LogP contribution in [0, 0.1) is 0 Å². The second-order valence-corrected chi connectivity index (χ2v) is 3.64. The Balaban J connectivity index is 2.18. The van der Waals surface area contributed by atoms with Crippen LogP contribution < -0.4 is 5.32 Å². The number of nitrogens with one attached hydrogen (secondary N) is 1. The van der Waals surface area contributed by atoms with Gasteiger partial charge in [0.25, 0.3) is 0 Å². The summed E-state index contributed by atoms with van der Waals surface area (Å²) in [6.07, 6.45) is 4.46. The predicted molar refractivity (Wildman–Crippen MR) is 51.5 cm³/mol. The first kappa shape index (κ1) is 10.5. The minimum atomic E-state index is -0.146. The fourth-order valence-electron chi connectivity index (χ4n) is 1.91. The molecule has 0 saturated heterocycles. The van der Waals surface area contributed by atoms with Crippen molar-refractivity contribution in [2.24, 2.45) is 0 Å². The van der Waals surface area contributed by atoms with Gasteiger partial charge in [-0.25, -0.2) is 0 Å². The number of ether oxygens (including phenoxy) is 1. The van der Waals surface area contributed by atoms with E-state index in [4.69, 9.17) is 4.74 Å². The lowest BCUT2D eigenvalue weighted by atomic mass is 9.93. The molecule has 1 saturated carbocycles. The molecule has 0 atom stereocenters. The fraction of sp³-hybridized carbons (Fsp3) is 0.900. The molecule has 0 aromatic carbocycles. The largest absolute Gasteiger partial charge is 0.463 e. The van der Waals surface area contributed by atoms with Crippen LogP contribution in [0.15, 0.2) is 0 Å². The van der Waals surface area contributed by atoms with Crippen molar-refractivity contribution in [3.05, 3.63) is 0 Å². The normalized spacial score (nSPS) is 28.5. The lowest BCUT2D eigenvalue weighted by Gasteiger charge is -2.28. The molecule has 13 heavy (non-hydrogen) atoms. The summed E-state index contributed by atoms with van der Waals surface area (Å²) in [5, 5.41) is 3.42. The van der Waals surface area contributed by atoms with E-state index >= 15 is 0 Å². The Morgan fingerprint density at radius 3 is 2.46 bits per heavy atom. The Hall–Kier alpha value is -0.570. The zero-order valence-electron chi connectivity index (χ0n) is 8.51. The second-order valence-electron chi connectivity index (χ2n) is 3.64. The third-order valence-corrected chi connectivity index (χ3v) is 2.50. The zero-order chi connectivity index (χ0) is 9.68. The molecule has 0 aromatic heterocycles. The van der Waals surface area contributed by atoms with E-state index in [1.54, 1.807) is 0 Å². The van der Waals surface area contributed by atoms with E-state index in [2.05, 4.69) is 12.2 Å². The summed E-state index contributed by atoms with van der Waals surface area (Å²) < 4.78 is 5.15. The average molecular weight is 185 g/mol. The van der Waals surface area contributed by atoms with Gasteiger partial charge in [0.1, 0.15) is 6.10 Å². The molecular weight excluding hydrogens is 166 g/mol. The summed E-state index contributed by atoms with van der Waals surface area (Å²) in [6, 6.07) is 0.636. The Morgan fingerprint density at radius 2 is 2.00 bits per heavy atom. The van der Waals surface area contributed by atoms with Crippen molar-refractivity contribution in [3.8, 4) is 0 Å². The minimum absolute atomic E-state index is 0.146. The molecular formula is C10H19NO2. The minimum Gasteiger partial charge on any atom is -0.463 e. The number of hydrogen-bond donors (Lipinski definition) is 1. The molecule has 0 bridgehead atoms. The SMILES string of the molecule is CCNC1CCC(OC(C)=O)CC1. The van der Waals surface area contributed by atoms with E-state index in [1.807, 2.05) is 0 Å². The van der Waals surface area contributed by atoms with Gasteiger partial charge in [-0.2, -0.15) is 0 Å². The molecule has 1 N–H and O–H groups in total. The molecule has 0 heterocycles. The topological polar surface area (TPSA) is 38.3 Å². The molecule has 0 aromatic rings. The van der Waals surface area contributed by atoms with Gasteiger partial charge < -0.3 is 10.1 Å². The van der Waals surface area contributed by atoms with Gasteiger partial charge in [-0.05, 0) is 32.2 Å². The molecule has 3 nitrogen and oxygen atoms in total. The molecule has 76 valence electrons. The average Bonchev–Trinajstić information content (AvgIpc) is 2.08. The van der Waals surface area contributed by atoms with Crippen molar-refractivity contribution in [3.63, 3.8) is 0 Å². The Bertz CT molecular complexity index is 162. The first-order valence-corrected chi connectivity index (χ1v) is 5.13. The van der Waals surface area contributed by atoms with Crippen LogP contribution in [0.3, 0.4) is 0 Å². The number of carbonyl (C=O) groups is 1. The smallest absolute Gasteiger partial charge is 0.302 e. The molecule has 0 unspecified atom stereocenters. The van der Waals surface area contributed by atoms with E-state index in [9.17, 15) is 4.79 Å². The number of esters is 1. The molecule has 3 heteroatoms. The summed E-state index contributed by atoms with van der Waals surface area (Å²) in [5.41, 5.74) is 0. The lowest BCUT2D eigenvalue weighted by Crippen LogP contribution is -2.35. The van der Waals surface area contributed by atoms with Crippen molar-refractivity contribution < 1.29 is 9.53 Å². The van der Waals surface area contributed by atoms with Gasteiger partial charge in [0.2, 0.25) is 0 Å². The molecule has 0 spiro atoms. The standard InChI is InChI=1S/C10H19NO2/c1-3-11-9-4-6-10(7-5-9)13-8(2)12/h9-11H,3-7H2,1-2H3. The van der Waals surface area contributed by atoms with E-state index in [-0.39, 0.29) is 12.1 Å². The summed E-state index contributed by atoms with van der Waals surface area (Å²) in [4.78, 5) is 10.7. The quantitative estimate of drug-likeness (QED) is 0.677. The molecule has 1 fully saturated rings. The Morgan fingerprint density at radius 1 is 1.38 bits per heavy atom. The molecule has 1 aliphatic carbocycles. The fourth-order valence-corrected chi connectivity index (χ4v) is 1.91. The van der Waals surface area contributed by atoms with Crippen molar-refractivity contribution in [1.82, 2.24) is 5.32 Å². The Labute approximate surface area is 79.8 Å². The summed E-state index contributed by atoms with van der Waals surface area (Å²) >= 11 is 0. The highest BCUT2D eigenvalue weighted by Crippen LogP contribution is 2.21. The van der Waals surface area contributed by atoms with Gasteiger partial charge in [0.15, 0.2) is 0 Å². The number of hydrogen-bond acceptors (Lipinski definition) is 3. The number of carbonyl (C=O) groups excluding carboxylic acids is 1. The maximum Gasteiger partial charge on any atom is 0.302 e. The number of rotatable bonds is 3. The van der Waals surface area contributed by atoms with Gasteiger partial charge in [-0.1, -0.05) is 6.92 Å². The summed E-state index contributed by atoms with van der Waals surface area (Å²) in [5.74, 6) is -0.146. The van der Waals surface area contributed by atoms with E-state index in [0.29, 0.717) is 6.04 Å². The van der Waals surface area contributed by atoms with Crippen molar-refractivity contribution in [2.75, 3.05) is 6.54 Å². The molecule has 1 rings (SSSR count). The lowest BCUT2D eigenvalue weighted by molar-refractivity contribution is -0.147. The van der Waals surface area contributed by atoms with Crippen LogP contribution in [-0.4, -0.2) is 24.7 Å². The van der Waals surface area contributed by atoms with E-state index in [0.717, 1.165) is 32.2 Å². The first-order chi connectivity index (χ1) is 6.22. The summed E-state index contributed by atoms with van der Waals surface area (Å²) in [6.45, 7) is 4.64. The van der Waals surface area contributed by atoms with Crippen LogP contribution >= 0.6 is 0 Å². The van der Waals surface area contributed by atoms with Gasteiger partial charge in [-0.3, -0.25) is 4.79 Å². The van der Waals surface area contributed by atoms with Crippen molar-refractivity contribution in [1.29, 1.82) is 0 Å². The highest BCUT2D eigenvalue weighted by Gasteiger charge is 2.21. The monoisotopic (exact) mass is 185 g/mol. The van der Waals surface area contributed by atoms with Crippen molar-refractivity contribution >= 4 is 5.97 Å². The third-order valence-electron chi connectivity index (χ3n) is 2.50. The highest BCUT2D eigenvalue weighted by molar-refractivity contribution is 5.66. The van der Waals surface area contributed by atoms with E-state index in [1.165, 1.54) is 6.92 Å². The van der Waals surface area contributed by atoms with Crippen molar-refractivity contribution in [2.45, 2.75) is 51.7 Å². The molecule has 0 aliphatic heterocycles. The first-order valence-electron chi connectivity index (χ1n) is 5.13. The van der Waals surface area contributed by atoms with Gasteiger partial charge in [-0.15, -0.1) is 0 Å². The maximum atomic E-state index is 10.7. The zero-order valence-corrected chi connectivity index (χ0v) is 8.51.